The van der Waals surface area contributed by atoms with E-state index in [1.807, 2.05) is 0 Å². The molecule has 0 spiro atoms. The number of likely N-dealkylation sites (tertiary alicyclic amines) is 1. The van der Waals surface area contributed by atoms with E-state index < -0.39 is 11.9 Å². The summed E-state index contributed by atoms with van der Waals surface area (Å²) in [7, 11) is 0. The van der Waals surface area contributed by atoms with Gasteiger partial charge in [-0.2, -0.15) is 13.2 Å². The third kappa shape index (κ3) is 4.54. The molecule has 1 aromatic heterocycles. The van der Waals surface area contributed by atoms with Crippen molar-refractivity contribution in [1.82, 2.24) is 14.9 Å². The molecule has 0 aromatic carbocycles. The number of hydrogen-bond donors (Lipinski definition) is 1. The van der Waals surface area contributed by atoms with Crippen LogP contribution in [0.2, 0.25) is 0 Å². The van der Waals surface area contributed by atoms with Gasteiger partial charge in [0.1, 0.15) is 17.8 Å². The number of aromatic nitrogens is 2. The fraction of sp³-hybridized carbons (Fsp3) is 0.733. The lowest BCUT2D eigenvalue weighted by molar-refractivity contribution is -0.141. The highest BCUT2D eigenvalue weighted by molar-refractivity contribution is 5.36. The summed E-state index contributed by atoms with van der Waals surface area (Å²) in [5.74, 6) is 0.866. The molecule has 23 heavy (non-hydrogen) atoms. The quantitative estimate of drug-likeness (QED) is 0.919. The first-order valence-electron chi connectivity index (χ1n) is 7.96. The molecule has 3 heterocycles. The van der Waals surface area contributed by atoms with Gasteiger partial charge in [-0.3, -0.25) is 0 Å². The predicted octanol–water partition coefficient (Wildman–Crippen LogP) is 2.41. The molecule has 1 aromatic rings. The highest BCUT2D eigenvalue weighted by Crippen LogP contribution is 2.28. The normalized spacial score (nSPS) is 24.0. The zero-order chi connectivity index (χ0) is 16.3. The predicted molar refractivity (Wildman–Crippen MR) is 79.0 cm³/mol. The average molecular weight is 330 g/mol. The molecule has 8 heteroatoms. The Labute approximate surface area is 133 Å². The van der Waals surface area contributed by atoms with E-state index in [1.165, 1.54) is 0 Å². The molecule has 0 aliphatic carbocycles. The van der Waals surface area contributed by atoms with E-state index in [1.54, 1.807) is 0 Å². The Bertz CT molecular complexity index is 512. The Morgan fingerprint density at radius 1 is 1.22 bits per heavy atom. The lowest BCUT2D eigenvalue weighted by atomic mass is 10.0. The fourth-order valence-electron chi connectivity index (χ4n) is 3.15. The Hall–Kier alpha value is -1.41. The molecule has 0 amide bonds. The molecule has 2 aliphatic rings. The van der Waals surface area contributed by atoms with Crippen molar-refractivity contribution in [3.63, 3.8) is 0 Å². The molecule has 0 bridgehead atoms. The van der Waals surface area contributed by atoms with Crippen molar-refractivity contribution in [2.75, 3.05) is 38.2 Å². The van der Waals surface area contributed by atoms with Gasteiger partial charge >= 0.3 is 6.18 Å². The maximum Gasteiger partial charge on any atom is 0.433 e. The van der Waals surface area contributed by atoms with Crippen molar-refractivity contribution in [3.05, 3.63) is 18.1 Å². The van der Waals surface area contributed by atoms with Crippen LogP contribution >= 0.6 is 0 Å². The molecule has 1 unspecified atom stereocenters. The lowest BCUT2D eigenvalue weighted by Gasteiger charge is -2.33. The van der Waals surface area contributed by atoms with Crippen LogP contribution in [0.15, 0.2) is 12.4 Å². The second kappa shape index (κ2) is 7.00. The summed E-state index contributed by atoms with van der Waals surface area (Å²) >= 11 is 0. The first-order valence-corrected chi connectivity index (χ1v) is 7.96. The lowest BCUT2D eigenvalue weighted by Crippen LogP contribution is -2.41. The number of alkyl halides is 3. The number of halogens is 3. The molecule has 3 rings (SSSR count). The van der Waals surface area contributed by atoms with Crippen LogP contribution in [0.25, 0.3) is 0 Å². The minimum absolute atomic E-state index is 0.155. The number of anilines is 1. The summed E-state index contributed by atoms with van der Waals surface area (Å²) in [6.07, 6.45) is -0.552. The van der Waals surface area contributed by atoms with Crippen LogP contribution in [-0.2, 0) is 10.9 Å². The number of nitrogens with zero attached hydrogens (tertiary/aromatic N) is 3. The molecule has 1 atom stereocenters. The molecule has 128 valence electrons. The van der Waals surface area contributed by atoms with E-state index >= 15 is 0 Å². The van der Waals surface area contributed by atoms with E-state index in [9.17, 15) is 13.2 Å². The molecule has 0 saturated carbocycles. The SMILES string of the molecule is FC(F)(F)c1cc(NC2CCN(CC3CCOC3)CC2)ncn1. The van der Waals surface area contributed by atoms with Crippen molar-refractivity contribution >= 4 is 5.82 Å². The molecule has 5 nitrogen and oxygen atoms in total. The number of nitrogens with one attached hydrogen (secondary N) is 1. The van der Waals surface area contributed by atoms with Crippen LogP contribution in [0.3, 0.4) is 0 Å². The Balaban J connectivity index is 1.48. The third-order valence-electron chi connectivity index (χ3n) is 4.44. The summed E-state index contributed by atoms with van der Waals surface area (Å²) < 4.78 is 43.4. The van der Waals surface area contributed by atoms with E-state index in [-0.39, 0.29) is 11.9 Å². The standard InChI is InChI=1S/C15H21F3N4O/c16-15(17,18)13-7-14(20-10-19-13)21-12-1-4-22(5-2-12)8-11-3-6-23-9-11/h7,10-12H,1-6,8-9H2,(H,19,20,21). The highest BCUT2D eigenvalue weighted by atomic mass is 19.4. The molecule has 2 saturated heterocycles. The summed E-state index contributed by atoms with van der Waals surface area (Å²) in [4.78, 5) is 9.59. The Kier molecular flexibility index (Phi) is 5.01. The van der Waals surface area contributed by atoms with Gasteiger partial charge in [-0.25, -0.2) is 9.97 Å². The monoisotopic (exact) mass is 330 g/mol. The van der Waals surface area contributed by atoms with Crippen molar-refractivity contribution in [2.45, 2.75) is 31.5 Å². The molecular formula is C15H21F3N4O. The van der Waals surface area contributed by atoms with Gasteiger partial charge in [0.15, 0.2) is 0 Å². The van der Waals surface area contributed by atoms with E-state index in [4.69, 9.17) is 4.74 Å². The minimum atomic E-state index is -4.44. The second-order valence-corrected chi connectivity index (χ2v) is 6.24. The average Bonchev–Trinajstić information content (AvgIpc) is 3.02. The van der Waals surface area contributed by atoms with Crippen molar-refractivity contribution in [1.29, 1.82) is 0 Å². The first kappa shape index (κ1) is 16.4. The maximum absolute atomic E-state index is 12.7. The van der Waals surface area contributed by atoms with Gasteiger partial charge in [0.25, 0.3) is 0 Å². The summed E-state index contributed by atoms with van der Waals surface area (Å²) in [5.41, 5.74) is -0.909. The summed E-state index contributed by atoms with van der Waals surface area (Å²) in [5, 5.41) is 3.11. The van der Waals surface area contributed by atoms with Gasteiger partial charge in [-0.1, -0.05) is 0 Å². The third-order valence-corrected chi connectivity index (χ3v) is 4.44. The first-order chi connectivity index (χ1) is 11.0. The number of piperidine rings is 1. The van der Waals surface area contributed by atoms with Crippen LogP contribution in [0.4, 0.5) is 19.0 Å². The van der Waals surface area contributed by atoms with Gasteiger partial charge in [0.2, 0.25) is 0 Å². The van der Waals surface area contributed by atoms with Crippen LogP contribution in [0.5, 0.6) is 0 Å². The summed E-state index contributed by atoms with van der Waals surface area (Å²) in [6, 6.07) is 1.13. The number of rotatable bonds is 4. The topological polar surface area (TPSA) is 50.3 Å². The van der Waals surface area contributed by atoms with Crippen LogP contribution in [-0.4, -0.2) is 53.8 Å². The zero-order valence-electron chi connectivity index (χ0n) is 12.9. The second-order valence-electron chi connectivity index (χ2n) is 6.24. The highest BCUT2D eigenvalue weighted by Gasteiger charge is 2.33. The smallest absolute Gasteiger partial charge is 0.381 e. The maximum atomic E-state index is 12.7. The fourth-order valence-corrected chi connectivity index (χ4v) is 3.15. The largest absolute Gasteiger partial charge is 0.433 e. The van der Waals surface area contributed by atoms with Crippen LogP contribution in [0, 0.1) is 5.92 Å². The minimum Gasteiger partial charge on any atom is -0.381 e. The molecule has 2 aliphatic heterocycles. The zero-order valence-corrected chi connectivity index (χ0v) is 12.9. The Morgan fingerprint density at radius 2 is 2.00 bits per heavy atom. The number of hydrogen-bond acceptors (Lipinski definition) is 5. The van der Waals surface area contributed by atoms with Crippen molar-refractivity contribution in [2.24, 2.45) is 5.92 Å². The van der Waals surface area contributed by atoms with E-state index in [0.29, 0.717) is 5.92 Å². The molecule has 0 radical (unpaired) electrons. The van der Waals surface area contributed by atoms with Gasteiger partial charge in [0.05, 0.1) is 6.61 Å². The van der Waals surface area contributed by atoms with Crippen molar-refractivity contribution in [3.8, 4) is 0 Å². The number of ether oxygens (including phenoxy) is 1. The van der Waals surface area contributed by atoms with E-state index in [2.05, 4.69) is 20.2 Å². The molecule has 2 fully saturated rings. The van der Waals surface area contributed by atoms with E-state index in [0.717, 1.165) is 64.5 Å². The summed E-state index contributed by atoms with van der Waals surface area (Å²) in [6.45, 7) is 4.66. The van der Waals surface area contributed by atoms with Crippen molar-refractivity contribution < 1.29 is 17.9 Å². The van der Waals surface area contributed by atoms with Gasteiger partial charge < -0.3 is 15.0 Å². The van der Waals surface area contributed by atoms with Gasteiger partial charge in [0, 0.05) is 38.3 Å². The van der Waals surface area contributed by atoms with Crippen LogP contribution in [0.1, 0.15) is 25.0 Å². The van der Waals surface area contributed by atoms with Crippen LogP contribution < -0.4 is 5.32 Å². The van der Waals surface area contributed by atoms with Gasteiger partial charge in [-0.15, -0.1) is 0 Å². The molecular weight excluding hydrogens is 309 g/mol. The van der Waals surface area contributed by atoms with Gasteiger partial charge in [-0.05, 0) is 25.2 Å². The molecule has 1 N–H and O–H groups in total. The Morgan fingerprint density at radius 3 is 2.65 bits per heavy atom.